The van der Waals surface area contributed by atoms with E-state index in [1.807, 2.05) is 4.90 Å². The highest BCUT2D eigenvalue weighted by Crippen LogP contribution is 2.47. The highest BCUT2D eigenvalue weighted by atomic mass is 32.2. The molecule has 3 N–H and O–H groups in total. The summed E-state index contributed by atoms with van der Waals surface area (Å²) in [6, 6.07) is 0.109. The van der Waals surface area contributed by atoms with Gasteiger partial charge in [0.2, 0.25) is 0 Å². The van der Waals surface area contributed by atoms with Crippen LogP contribution in [0.4, 0.5) is 4.79 Å². The minimum absolute atomic E-state index is 0.0114. The van der Waals surface area contributed by atoms with Crippen molar-refractivity contribution >= 4 is 15.9 Å². The topological polar surface area (TPSA) is 92.5 Å². The molecule has 0 bridgehead atoms. The van der Waals surface area contributed by atoms with E-state index in [0.717, 1.165) is 38.6 Å². The van der Waals surface area contributed by atoms with Gasteiger partial charge in [-0.1, -0.05) is 6.42 Å². The first-order valence-electron chi connectivity index (χ1n) is 8.39. The molecule has 2 saturated heterocycles. The summed E-state index contributed by atoms with van der Waals surface area (Å²) < 4.78 is 22.8. The van der Waals surface area contributed by atoms with Crippen LogP contribution >= 0.6 is 0 Å². The van der Waals surface area contributed by atoms with Crippen molar-refractivity contribution in [3.63, 3.8) is 0 Å². The third kappa shape index (κ3) is 3.25. The van der Waals surface area contributed by atoms with Gasteiger partial charge in [-0.25, -0.2) is 13.2 Å². The van der Waals surface area contributed by atoms with Crippen molar-refractivity contribution in [2.75, 3.05) is 31.1 Å². The molecule has 2 amide bonds. The second kappa shape index (κ2) is 6.00. The van der Waals surface area contributed by atoms with Gasteiger partial charge in [0.05, 0.1) is 11.5 Å². The van der Waals surface area contributed by atoms with Crippen LogP contribution in [-0.2, 0) is 9.84 Å². The molecule has 1 spiro atoms. The van der Waals surface area contributed by atoms with Gasteiger partial charge in [0.15, 0.2) is 0 Å². The van der Waals surface area contributed by atoms with Crippen LogP contribution in [0.5, 0.6) is 0 Å². The van der Waals surface area contributed by atoms with Crippen molar-refractivity contribution in [2.45, 2.75) is 44.6 Å². The van der Waals surface area contributed by atoms with Crippen LogP contribution in [0, 0.1) is 11.3 Å². The quantitative estimate of drug-likeness (QED) is 0.798. The molecule has 0 radical (unpaired) electrons. The summed E-state index contributed by atoms with van der Waals surface area (Å²) in [5.74, 6) is 1.02. The van der Waals surface area contributed by atoms with E-state index in [1.165, 1.54) is 6.42 Å². The molecule has 2 aliphatic heterocycles. The first-order chi connectivity index (χ1) is 10.4. The number of sulfone groups is 1. The van der Waals surface area contributed by atoms with Gasteiger partial charge in [-0.05, 0) is 38.0 Å². The van der Waals surface area contributed by atoms with E-state index in [9.17, 15) is 13.2 Å². The molecule has 1 saturated carbocycles. The van der Waals surface area contributed by atoms with E-state index in [1.54, 1.807) is 0 Å². The number of hydrogen-bond donors (Lipinski definition) is 2. The molecule has 1 unspecified atom stereocenters. The molecule has 1 atom stereocenters. The van der Waals surface area contributed by atoms with Crippen molar-refractivity contribution in [1.29, 1.82) is 0 Å². The summed E-state index contributed by atoms with van der Waals surface area (Å²) in [5.41, 5.74) is 6.39. The molecule has 6 nitrogen and oxygen atoms in total. The van der Waals surface area contributed by atoms with Gasteiger partial charge >= 0.3 is 6.03 Å². The van der Waals surface area contributed by atoms with Crippen LogP contribution in [0.2, 0.25) is 0 Å². The number of urea groups is 1. The molecule has 3 rings (SSSR count). The molecule has 126 valence electrons. The minimum Gasteiger partial charge on any atom is -0.338 e. The molecule has 0 aromatic heterocycles. The fraction of sp³-hybridized carbons (Fsp3) is 0.933. The van der Waals surface area contributed by atoms with Gasteiger partial charge in [0.1, 0.15) is 9.84 Å². The Hall–Kier alpha value is -0.820. The van der Waals surface area contributed by atoms with Gasteiger partial charge in [0, 0.05) is 31.1 Å². The molecule has 0 aromatic carbocycles. The van der Waals surface area contributed by atoms with Crippen LogP contribution < -0.4 is 11.1 Å². The third-order valence-electron chi connectivity index (χ3n) is 5.85. The summed E-state index contributed by atoms with van der Waals surface area (Å²) in [4.78, 5) is 14.1. The summed E-state index contributed by atoms with van der Waals surface area (Å²) in [7, 11) is -2.80. The molecule has 2 heterocycles. The van der Waals surface area contributed by atoms with Crippen LogP contribution in [0.3, 0.4) is 0 Å². The zero-order chi connectivity index (χ0) is 15.8. The Morgan fingerprint density at radius 1 is 1.27 bits per heavy atom. The van der Waals surface area contributed by atoms with Crippen molar-refractivity contribution in [3.8, 4) is 0 Å². The number of amides is 2. The van der Waals surface area contributed by atoms with E-state index >= 15 is 0 Å². The van der Waals surface area contributed by atoms with Gasteiger partial charge in [-0.2, -0.15) is 0 Å². The van der Waals surface area contributed by atoms with E-state index in [-0.39, 0.29) is 17.5 Å². The molecule has 7 heteroatoms. The van der Waals surface area contributed by atoms with Gasteiger partial charge in [-0.15, -0.1) is 0 Å². The van der Waals surface area contributed by atoms with Crippen molar-refractivity contribution in [3.05, 3.63) is 0 Å². The number of nitrogens with two attached hydrogens (primary N) is 1. The minimum atomic E-state index is -2.80. The normalized spacial score (nSPS) is 30.2. The summed E-state index contributed by atoms with van der Waals surface area (Å²) in [6.45, 7) is 2.08. The number of likely N-dealkylation sites (tertiary alicyclic amines) is 1. The zero-order valence-corrected chi connectivity index (χ0v) is 13.9. The average molecular weight is 329 g/mol. The van der Waals surface area contributed by atoms with Crippen molar-refractivity contribution in [2.24, 2.45) is 17.1 Å². The maximum Gasteiger partial charge on any atom is 0.317 e. The predicted octanol–water partition coefficient (Wildman–Crippen LogP) is 0.724. The Morgan fingerprint density at radius 3 is 2.50 bits per heavy atom. The number of rotatable bonds is 3. The first-order valence-corrected chi connectivity index (χ1v) is 10.2. The number of carbonyl (C=O) groups excluding carboxylic acids is 1. The molecule has 22 heavy (non-hydrogen) atoms. The number of nitrogens with one attached hydrogen (secondary N) is 1. The summed E-state index contributed by atoms with van der Waals surface area (Å²) >= 11 is 0. The lowest BCUT2D eigenvalue weighted by molar-refractivity contribution is 0.125. The number of nitrogens with zero attached hydrogens (tertiary/aromatic N) is 1. The lowest BCUT2D eigenvalue weighted by atomic mass is 9.66. The summed E-state index contributed by atoms with van der Waals surface area (Å²) in [6.07, 6.45) is 5.86. The fourth-order valence-electron chi connectivity index (χ4n) is 4.03. The molecule has 3 aliphatic rings. The highest BCUT2D eigenvalue weighted by Gasteiger charge is 2.49. The molecule has 1 aliphatic carbocycles. The maximum atomic E-state index is 12.2. The summed E-state index contributed by atoms with van der Waals surface area (Å²) in [5, 5.41) is 2.98. The van der Waals surface area contributed by atoms with Crippen LogP contribution in [-0.4, -0.2) is 56.5 Å². The predicted molar refractivity (Wildman–Crippen MR) is 85.2 cm³/mol. The second-order valence-corrected chi connectivity index (χ2v) is 9.62. The third-order valence-corrected chi connectivity index (χ3v) is 7.56. The Bertz CT molecular complexity index is 516. The standard InChI is InChI=1S/C15H27N3O3S/c16-13-10-18(11-15(13)5-1-6-15)14(19)17-7-2-12-3-8-22(20,21)9-4-12/h12-13H,1-11,16H2,(H,17,19). The van der Waals surface area contributed by atoms with Gasteiger partial charge < -0.3 is 16.0 Å². The lowest BCUT2D eigenvalue weighted by Gasteiger charge is -2.41. The van der Waals surface area contributed by atoms with Crippen molar-refractivity contribution in [1.82, 2.24) is 10.2 Å². The number of carbonyl (C=O) groups is 1. The molecular weight excluding hydrogens is 302 g/mol. The Kier molecular flexibility index (Phi) is 4.38. The Labute approximate surface area is 132 Å². The van der Waals surface area contributed by atoms with E-state index in [0.29, 0.717) is 30.5 Å². The zero-order valence-electron chi connectivity index (χ0n) is 13.1. The van der Waals surface area contributed by atoms with Crippen LogP contribution in [0.25, 0.3) is 0 Å². The van der Waals surface area contributed by atoms with E-state index < -0.39 is 9.84 Å². The highest BCUT2D eigenvalue weighted by molar-refractivity contribution is 7.91. The van der Waals surface area contributed by atoms with E-state index in [4.69, 9.17) is 5.73 Å². The number of hydrogen-bond acceptors (Lipinski definition) is 4. The average Bonchev–Trinajstić information content (AvgIpc) is 2.78. The first kappa shape index (κ1) is 16.1. The Morgan fingerprint density at radius 2 is 1.95 bits per heavy atom. The SMILES string of the molecule is NC1CN(C(=O)NCCC2CCS(=O)(=O)CC2)CC12CCC2. The van der Waals surface area contributed by atoms with Crippen molar-refractivity contribution < 1.29 is 13.2 Å². The fourth-order valence-corrected chi connectivity index (χ4v) is 5.62. The van der Waals surface area contributed by atoms with Crippen LogP contribution in [0.15, 0.2) is 0 Å². The Balaban J connectivity index is 1.38. The monoisotopic (exact) mass is 329 g/mol. The van der Waals surface area contributed by atoms with Gasteiger partial charge in [-0.3, -0.25) is 0 Å². The smallest absolute Gasteiger partial charge is 0.317 e. The second-order valence-electron chi connectivity index (χ2n) is 7.32. The largest absolute Gasteiger partial charge is 0.338 e. The van der Waals surface area contributed by atoms with E-state index in [2.05, 4.69) is 5.32 Å². The van der Waals surface area contributed by atoms with Gasteiger partial charge in [0.25, 0.3) is 0 Å². The molecule has 0 aromatic rings. The maximum absolute atomic E-state index is 12.2. The molecule has 3 fully saturated rings. The lowest BCUT2D eigenvalue weighted by Crippen LogP contribution is -2.45. The molecular formula is C15H27N3O3S. The van der Waals surface area contributed by atoms with Crippen LogP contribution in [0.1, 0.15) is 38.5 Å².